The number of benzene rings is 1. The minimum atomic E-state index is -3.68. The molecule has 25 heavy (non-hydrogen) atoms. The molecule has 0 aliphatic carbocycles. The topological polar surface area (TPSA) is 112 Å². The Balaban J connectivity index is 2.29. The summed E-state index contributed by atoms with van der Waals surface area (Å²) in [6.45, 7) is 3.61. The van der Waals surface area contributed by atoms with Gasteiger partial charge >= 0.3 is 5.97 Å². The summed E-state index contributed by atoms with van der Waals surface area (Å²) in [7, 11) is -2.26. The molecule has 2 aromatic rings. The summed E-state index contributed by atoms with van der Waals surface area (Å²) in [4.78, 5) is 19.6. The summed E-state index contributed by atoms with van der Waals surface area (Å²) in [5.74, 6) is -0.784. The molecule has 2 rings (SSSR count). The highest BCUT2D eigenvalue weighted by atomic mass is 32.2. The Morgan fingerprint density at radius 1 is 1.28 bits per heavy atom. The van der Waals surface area contributed by atoms with E-state index in [0.29, 0.717) is 0 Å². The number of hydrogen-bond donors (Lipinski definition) is 2. The van der Waals surface area contributed by atoms with Crippen molar-refractivity contribution in [2.75, 3.05) is 12.4 Å². The monoisotopic (exact) mass is 364 g/mol. The van der Waals surface area contributed by atoms with Crippen molar-refractivity contribution in [3.63, 3.8) is 0 Å². The third kappa shape index (κ3) is 4.52. The summed E-state index contributed by atoms with van der Waals surface area (Å²) in [5.41, 5.74) is -0.0639. The van der Waals surface area contributed by atoms with Gasteiger partial charge in [0.2, 0.25) is 10.0 Å². The van der Waals surface area contributed by atoms with E-state index in [0.717, 1.165) is 4.31 Å². The molecule has 8 nitrogen and oxygen atoms in total. The van der Waals surface area contributed by atoms with Gasteiger partial charge in [-0.15, -0.1) is 0 Å². The molecule has 134 valence electrons. The highest BCUT2D eigenvalue weighted by Crippen LogP contribution is 2.17. The normalized spacial score (nSPS) is 11.7. The number of aromatic carboxylic acids is 1. The number of hydrogen-bond acceptors (Lipinski definition) is 6. The lowest BCUT2D eigenvalue weighted by Gasteiger charge is -2.17. The molecule has 0 atom stereocenters. The number of rotatable bonds is 7. The van der Waals surface area contributed by atoms with Gasteiger partial charge in [0.05, 0.1) is 11.4 Å². The van der Waals surface area contributed by atoms with Crippen LogP contribution in [-0.4, -0.2) is 46.9 Å². The number of nitrogens with zero attached hydrogens (tertiary/aromatic N) is 3. The van der Waals surface area contributed by atoms with E-state index in [2.05, 4.69) is 15.3 Å². The van der Waals surface area contributed by atoms with Crippen molar-refractivity contribution >= 4 is 21.8 Å². The van der Waals surface area contributed by atoms with E-state index in [9.17, 15) is 18.3 Å². The van der Waals surface area contributed by atoms with Crippen molar-refractivity contribution in [2.45, 2.75) is 31.3 Å². The Morgan fingerprint density at radius 3 is 2.48 bits per heavy atom. The molecule has 2 N–H and O–H groups in total. The van der Waals surface area contributed by atoms with Crippen molar-refractivity contribution in [2.24, 2.45) is 0 Å². The van der Waals surface area contributed by atoms with Gasteiger partial charge in [-0.05, 0) is 26.0 Å². The van der Waals surface area contributed by atoms with Crippen LogP contribution in [0.25, 0.3) is 0 Å². The van der Waals surface area contributed by atoms with E-state index in [1.54, 1.807) is 18.2 Å². The van der Waals surface area contributed by atoms with Crippen molar-refractivity contribution < 1.29 is 18.3 Å². The third-order valence-corrected chi connectivity index (χ3v) is 5.13. The zero-order chi connectivity index (χ0) is 18.6. The largest absolute Gasteiger partial charge is 0.477 e. The molecule has 0 saturated carbocycles. The van der Waals surface area contributed by atoms with E-state index in [1.165, 1.54) is 25.4 Å². The molecule has 0 amide bonds. The molecule has 1 aromatic carbocycles. The molecule has 1 heterocycles. The van der Waals surface area contributed by atoms with Gasteiger partial charge in [0.25, 0.3) is 0 Å². The molecule has 0 fully saturated rings. The molecular weight excluding hydrogens is 344 g/mol. The number of carboxylic acid groups (broad SMARTS) is 1. The minimum Gasteiger partial charge on any atom is -0.477 e. The third-order valence-electron chi connectivity index (χ3n) is 3.31. The van der Waals surface area contributed by atoms with Gasteiger partial charge in [-0.25, -0.2) is 23.2 Å². The van der Waals surface area contributed by atoms with Crippen LogP contribution in [0.3, 0.4) is 0 Å². The van der Waals surface area contributed by atoms with Crippen LogP contribution in [0.2, 0.25) is 0 Å². The highest BCUT2D eigenvalue weighted by Gasteiger charge is 2.22. The van der Waals surface area contributed by atoms with E-state index >= 15 is 0 Å². The molecule has 0 aliphatic heterocycles. The van der Waals surface area contributed by atoms with E-state index in [1.807, 2.05) is 13.8 Å². The van der Waals surface area contributed by atoms with Gasteiger partial charge < -0.3 is 10.4 Å². The molecule has 0 saturated heterocycles. The van der Waals surface area contributed by atoms with Gasteiger partial charge in [-0.2, -0.15) is 4.31 Å². The maximum absolute atomic E-state index is 12.5. The van der Waals surface area contributed by atoms with Crippen LogP contribution in [0.15, 0.2) is 41.4 Å². The summed E-state index contributed by atoms with van der Waals surface area (Å²) < 4.78 is 26.2. The number of carbonyl (C=O) groups is 1. The maximum Gasteiger partial charge on any atom is 0.341 e. The number of aromatic nitrogens is 2. The lowest BCUT2D eigenvalue weighted by molar-refractivity contribution is 0.0697. The standard InChI is InChI=1S/C16H20N4O4S/c1-11(2)18-15-13(16(21)22)9-17-14(19-15)10-20(3)25(23,24)12-7-5-4-6-8-12/h4-9,11H,10H2,1-3H3,(H,21,22)(H,17,18,19). The number of carboxylic acids is 1. The Hall–Kier alpha value is -2.52. The van der Waals surface area contributed by atoms with Crippen LogP contribution in [0.4, 0.5) is 5.82 Å². The number of nitrogens with one attached hydrogen (secondary N) is 1. The Morgan fingerprint density at radius 2 is 1.92 bits per heavy atom. The van der Waals surface area contributed by atoms with Crippen molar-refractivity contribution in [3.05, 3.63) is 47.9 Å². The fraction of sp³-hybridized carbons (Fsp3) is 0.312. The highest BCUT2D eigenvalue weighted by molar-refractivity contribution is 7.89. The Bertz CT molecular complexity index is 854. The first-order valence-electron chi connectivity index (χ1n) is 7.59. The first-order valence-corrected chi connectivity index (χ1v) is 9.03. The molecule has 0 aliphatic rings. The average molecular weight is 364 g/mol. The molecule has 0 bridgehead atoms. The summed E-state index contributed by atoms with van der Waals surface area (Å²) >= 11 is 0. The molecule has 0 unspecified atom stereocenters. The van der Waals surface area contributed by atoms with Crippen molar-refractivity contribution in [1.29, 1.82) is 0 Å². The van der Waals surface area contributed by atoms with Crippen LogP contribution in [-0.2, 0) is 16.6 Å². The van der Waals surface area contributed by atoms with Gasteiger partial charge in [0.1, 0.15) is 17.2 Å². The fourth-order valence-corrected chi connectivity index (χ4v) is 3.24. The lowest BCUT2D eigenvalue weighted by Crippen LogP contribution is -2.28. The number of anilines is 1. The maximum atomic E-state index is 12.5. The second kappa shape index (κ2) is 7.58. The summed E-state index contributed by atoms with van der Waals surface area (Å²) in [5, 5.41) is 12.1. The molecule has 0 spiro atoms. The van der Waals surface area contributed by atoms with Crippen molar-refractivity contribution in [1.82, 2.24) is 14.3 Å². The van der Waals surface area contributed by atoms with E-state index in [4.69, 9.17) is 0 Å². The first-order chi connectivity index (χ1) is 11.7. The van der Waals surface area contributed by atoms with Crippen LogP contribution < -0.4 is 5.32 Å². The smallest absolute Gasteiger partial charge is 0.341 e. The summed E-state index contributed by atoms with van der Waals surface area (Å²) in [6, 6.07) is 7.99. The average Bonchev–Trinajstić information content (AvgIpc) is 2.55. The molecule has 9 heteroatoms. The van der Waals surface area contributed by atoms with Gasteiger partial charge in [0, 0.05) is 19.3 Å². The SMILES string of the molecule is CC(C)Nc1nc(CN(C)S(=O)(=O)c2ccccc2)ncc1C(=O)O. The van der Waals surface area contributed by atoms with Crippen molar-refractivity contribution in [3.8, 4) is 0 Å². The summed E-state index contributed by atoms with van der Waals surface area (Å²) in [6.07, 6.45) is 1.18. The fourth-order valence-electron chi connectivity index (χ4n) is 2.09. The predicted octanol–water partition coefficient (Wildman–Crippen LogP) is 1.82. The van der Waals surface area contributed by atoms with Gasteiger partial charge in [-0.1, -0.05) is 18.2 Å². The number of sulfonamides is 1. The lowest BCUT2D eigenvalue weighted by atomic mass is 10.3. The second-order valence-corrected chi connectivity index (χ2v) is 7.77. The second-order valence-electron chi connectivity index (χ2n) is 5.73. The van der Waals surface area contributed by atoms with Crippen LogP contribution in [0.1, 0.15) is 30.0 Å². The van der Waals surface area contributed by atoms with E-state index in [-0.39, 0.29) is 34.7 Å². The zero-order valence-corrected chi connectivity index (χ0v) is 15.0. The Labute approximate surface area is 146 Å². The molecule has 1 aromatic heterocycles. The predicted molar refractivity (Wildman–Crippen MR) is 92.8 cm³/mol. The Kier molecular flexibility index (Phi) is 5.70. The first kappa shape index (κ1) is 18.8. The van der Waals surface area contributed by atoms with Crippen LogP contribution >= 0.6 is 0 Å². The van der Waals surface area contributed by atoms with Gasteiger partial charge in [-0.3, -0.25) is 0 Å². The van der Waals surface area contributed by atoms with Crippen LogP contribution in [0.5, 0.6) is 0 Å². The molecular formula is C16H20N4O4S. The molecule has 0 radical (unpaired) electrons. The van der Waals surface area contributed by atoms with E-state index < -0.39 is 16.0 Å². The van der Waals surface area contributed by atoms with Gasteiger partial charge in [0.15, 0.2) is 0 Å². The zero-order valence-electron chi connectivity index (χ0n) is 14.2. The quantitative estimate of drug-likeness (QED) is 0.770. The minimum absolute atomic E-state index is 0.0355. The van der Waals surface area contributed by atoms with Crippen LogP contribution in [0, 0.1) is 0 Å².